The number of quaternary nitrogens is 1. The first-order valence-electron chi connectivity index (χ1n) is 11.7. The third kappa shape index (κ3) is 4.75. The maximum absolute atomic E-state index is 13.2. The molecule has 8 nitrogen and oxygen atoms in total. The topological polar surface area (TPSA) is 80.6 Å². The van der Waals surface area contributed by atoms with Crippen molar-refractivity contribution in [3.63, 3.8) is 0 Å². The van der Waals surface area contributed by atoms with Crippen LogP contribution in [0, 0.1) is 11.7 Å². The monoisotopic (exact) mass is 490 g/mol. The summed E-state index contributed by atoms with van der Waals surface area (Å²) in [5.74, 6) is 0.756. The number of nitrogens with one attached hydrogen (secondary N) is 1. The van der Waals surface area contributed by atoms with Gasteiger partial charge in [-0.3, -0.25) is 4.79 Å². The van der Waals surface area contributed by atoms with Crippen LogP contribution in [0.5, 0.6) is 11.5 Å². The Morgan fingerprint density at radius 2 is 1.76 bits per heavy atom. The summed E-state index contributed by atoms with van der Waals surface area (Å²) in [5, 5.41) is 0. The van der Waals surface area contributed by atoms with Crippen molar-refractivity contribution < 1.29 is 32.0 Å². The number of rotatable bonds is 5. The Labute approximate surface area is 198 Å². The number of benzene rings is 2. The molecule has 0 unspecified atom stereocenters. The number of piperazine rings is 1. The predicted molar refractivity (Wildman–Crippen MR) is 121 cm³/mol. The zero-order valence-electron chi connectivity index (χ0n) is 18.9. The van der Waals surface area contributed by atoms with Crippen molar-refractivity contribution in [3.8, 4) is 11.5 Å². The van der Waals surface area contributed by atoms with Gasteiger partial charge in [0.15, 0.2) is 11.5 Å². The van der Waals surface area contributed by atoms with Gasteiger partial charge >= 0.3 is 0 Å². The lowest BCUT2D eigenvalue weighted by Gasteiger charge is -2.37. The first kappa shape index (κ1) is 23.1. The molecule has 2 aromatic rings. The molecular weight excluding hydrogens is 461 g/mol. The summed E-state index contributed by atoms with van der Waals surface area (Å²) < 4.78 is 51.4. The Morgan fingerprint density at radius 1 is 1.03 bits per heavy atom. The molecule has 0 aromatic heterocycles. The fourth-order valence-corrected chi connectivity index (χ4v) is 6.46. The van der Waals surface area contributed by atoms with Gasteiger partial charge < -0.3 is 19.3 Å². The first-order chi connectivity index (χ1) is 16.4. The van der Waals surface area contributed by atoms with Gasteiger partial charge in [0.05, 0.1) is 37.0 Å². The van der Waals surface area contributed by atoms with Gasteiger partial charge in [0.1, 0.15) is 12.4 Å². The van der Waals surface area contributed by atoms with E-state index in [1.807, 2.05) is 17.0 Å². The number of carbonyl (C=O) groups excluding carboxylic acids is 1. The molecule has 2 saturated heterocycles. The van der Waals surface area contributed by atoms with Crippen LogP contribution in [0.1, 0.15) is 18.4 Å². The number of sulfonamides is 1. The van der Waals surface area contributed by atoms with Gasteiger partial charge in [0, 0.05) is 18.7 Å². The highest BCUT2D eigenvalue weighted by molar-refractivity contribution is 7.89. The quantitative estimate of drug-likeness (QED) is 0.673. The van der Waals surface area contributed by atoms with Crippen molar-refractivity contribution in [1.82, 2.24) is 9.21 Å². The van der Waals surface area contributed by atoms with E-state index < -0.39 is 15.8 Å². The van der Waals surface area contributed by atoms with Crippen molar-refractivity contribution in [2.75, 3.05) is 46.1 Å². The molecule has 182 valence electrons. The normalized spacial score (nSPS) is 21.6. The number of piperidine rings is 1. The summed E-state index contributed by atoms with van der Waals surface area (Å²) in [6.07, 6.45) is 1.31. The molecule has 34 heavy (non-hydrogen) atoms. The molecule has 10 heteroatoms. The van der Waals surface area contributed by atoms with Crippen molar-refractivity contribution in [2.24, 2.45) is 5.92 Å². The zero-order chi connectivity index (χ0) is 23.7. The molecule has 0 aliphatic carbocycles. The van der Waals surface area contributed by atoms with E-state index in [0.29, 0.717) is 32.5 Å². The van der Waals surface area contributed by atoms with Crippen LogP contribution in [0.4, 0.5) is 4.39 Å². The second kappa shape index (κ2) is 9.52. The molecule has 0 spiro atoms. The minimum absolute atomic E-state index is 0.0288. The number of fused-ring (bicyclic) bond motifs is 1. The van der Waals surface area contributed by atoms with E-state index in [1.54, 1.807) is 0 Å². The maximum atomic E-state index is 13.2. The lowest BCUT2D eigenvalue weighted by molar-refractivity contribution is -0.917. The Kier molecular flexibility index (Phi) is 6.46. The van der Waals surface area contributed by atoms with Crippen LogP contribution in [0.3, 0.4) is 0 Å². The fourth-order valence-electron chi connectivity index (χ4n) is 4.94. The maximum Gasteiger partial charge on any atom is 0.243 e. The van der Waals surface area contributed by atoms with Crippen LogP contribution < -0.4 is 14.4 Å². The van der Waals surface area contributed by atoms with Gasteiger partial charge in [-0.1, -0.05) is 0 Å². The van der Waals surface area contributed by atoms with Crippen molar-refractivity contribution in [2.45, 2.75) is 24.3 Å². The lowest BCUT2D eigenvalue weighted by atomic mass is 9.97. The molecule has 1 amide bonds. The largest absolute Gasteiger partial charge is 0.454 e. The summed E-state index contributed by atoms with van der Waals surface area (Å²) in [4.78, 5) is 16.5. The SMILES string of the molecule is O=C([C@@H]1CCCN(S(=O)(=O)c2ccc(F)cc2)C1)N1CC[NH+](Cc2ccc3c(c2)OCO3)CC1. The molecule has 3 heterocycles. The number of hydrogen-bond acceptors (Lipinski definition) is 5. The summed E-state index contributed by atoms with van der Waals surface area (Å²) in [6, 6.07) is 10.8. The van der Waals surface area contributed by atoms with E-state index >= 15 is 0 Å². The van der Waals surface area contributed by atoms with Crippen molar-refractivity contribution in [3.05, 3.63) is 53.8 Å². The van der Waals surface area contributed by atoms with Crippen LogP contribution in [0.15, 0.2) is 47.4 Å². The van der Waals surface area contributed by atoms with E-state index in [4.69, 9.17) is 9.47 Å². The number of hydrogen-bond donors (Lipinski definition) is 1. The van der Waals surface area contributed by atoms with E-state index in [-0.39, 0.29) is 30.1 Å². The fraction of sp³-hybridized carbons (Fsp3) is 0.458. The summed E-state index contributed by atoms with van der Waals surface area (Å²) >= 11 is 0. The van der Waals surface area contributed by atoms with Crippen molar-refractivity contribution >= 4 is 15.9 Å². The number of ether oxygens (including phenoxy) is 2. The van der Waals surface area contributed by atoms with E-state index in [1.165, 1.54) is 26.9 Å². The Hall–Kier alpha value is -2.69. The van der Waals surface area contributed by atoms with Gasteiger partial charge in [-0.2, -0.15) is 4.31 Å². The van der Waals surface area contributed by atoms with Gasteiger partial charge in [0.2, 0.25) is 22.7 Å². The van der Waals surface area contributed by atoms with Gasteiger partial charge in [-0.15, -0.1) is 0 Å². The van der Waals surface area contributed by atoms with E-state index in [0.717, 1.165) is 43.3 Å². The molecule has 1 N–H and O–H groups in total. The summed E-state index contributed by atoms with van der Waals surface area (Å²) in [6.45, 7) is 4.64. The van der Waals surface area contributed by atoms with E-state index in [2.05, 4.69) is 6.07 Å². The lowest BCUT2D eigenvalue weighted by Crippen LogP contribution is -3.13. The number of nitrogens with zero attached hydrogens (tertiary/aromatic N) is 2. The molecular formula is C24H29FN3O5S+. The van der Waals surface area contributed by atoms with Crippen LogP contribution in [0.25, 0.3) is 0 Å². The highest BCUT2D eigenvalue weighted by Gasteiger charge is 2.36. The van der Waals surface area contributed by atoms with Crippen LogP contribution in [-0.4, -0.2) is 69.6 Å². The Balaban J connectivity index is 1.16. The smallest absolute Gasteiger partial charge is 0.243 e. The molecule has 0 saturated carbocycles. The van der Waals surface area contributed by atoms with Crippen LogP contribution in [0.2, 0.25) is 0 Å². The number of carbonyl (C=O) groups is 1. The van der Waals surface area contributed by atoms with Crippen molar-refractivity contribution in [1.29, 1.82) is 0 Å². The van der Waals surface area contributed by atoms with E-state index in [9.17, 15) is 17.6 Å². The third-order valence-electron chi connectivity index (χ3n) is 6.86. The van der Waals surface area contributed by atoms with Crippen LogP contribution >= 0.6 is 0 Å². The molecule has 3 aliphatic rings. The number of amides is 1. The minimum atomic E-state index is -3.75. The number of halogens is 1. The van der Waals surface area contributed by atoms with Crippen LogP contribution in [-0.2, 0) is 21.4 Å². The molecule has 0 radical (unpaired) electrons. The molecule has 5 rings (SSSR count). The predicted octanol–water partition coefficient (Wildman–Crippen LogP) is 0.882. The molecule has 3 aliphatic heterocycles. The Morgan fingerprint density at radius 3 is 2.53 bits per heavy atom. The zero-order valence-corrected chi connectivity index (χ0v) is 19.7. The highest BCUT2D eigenvalue weighted by Crippen LogP contribution is 2.32. The molecule has 2 fully saturated rings. The molecule has 0 bridgehead atoms. The average molecular weight is 491 g/mol. The average Bonchev–Trinajstić information content (AvgIpc) is 3.32. The third-order valence-corrected chi connectivity index (χ3v) is 8.74. The van der Waals surface area contributed by atoms with Gasteiger partial charge in [-0.05, 0) is 55.3 Å². The summed E-state index contributed by atoms with van der Waals surface area (Å²) in [5.41, 5.74) is 1.17. The minimum Gasteiger partial charge on any atom is -0.454 e. The summed E-state index contributed by atoms with van der Waals surface area (Å²) in [7, 11) is -3.75. The van der Waals surface area contributed by atoms with Gasteiger partial charge in [0.25, 0.3) is 0 Å². The second-order valence-electron chi connectivity index (χ2n) is 9.10. The molecule has 1 atom stereocenters. The van der Waals surface area contributed by atoms with Gasteiger partial charge in [-0.25, -0.2) is 12.8 Å². The first-order valence-corrected chi connectivity index (χ1v) is 13.1. The Bertz CT molecular complexity index is 1150. The molecule has 2 aromatic carbocycles. The standard InChI is InChI=1S/C24H28FN3O5S/c25-20-4-6-21(7-5-20)34(30,31)28-9-1-2-19(16-28)24(29)27-12-10-26(11-13-27)15-18-3-8-22-23(14-18)33-17-32-22/h3-8,14,19H,1-2,9-13,15-17H2/p+1/t19-/m1/s1. The second-order valence-corrected chi connectivity index (χ2v) is 11.0. The highest BCUT2D eigenvalue weighted by atomic mass is 32.2.